The summed E-state index contributed by atoms with van der Waals surface area (Å²) in [4.78, 5) is 0.199. The number of sulfonamides is 1. The maximum atomic E-state index is 13.1. The third-order valence-electron chi connectivity index (χ3n) is 3.90. The van der Waals surface area contributed by atoms with E-state index in [1.54, 1.807) is 13.0 Å². The smallest absolute Gasteiger partial charge is 0.263 e. The van der Waals surface area contributed by atoms with Crippen molar-refractivity contribution in [2.24, 2.45) is 0 Å². The van der Waals surface area contributed by atoms with Gasteiger partial charge in [-0.3, -0.25) is 4.31 Å². The SMILES string of the molecule is Cc1cc(Cl)c(Cl)cc1S(=O)(=O)N1c2ccccc2CC1C. The fourth-order valence-electron chi connectivity index (χ4n) is 2.92. The molecule has 0 aliphatic carbocycles. The fourth-order valence-corrected chi connectivity index (χ4v) is 5.29. The third-order valence-corrected chi connectivity index (χ3v) is 6.69. The molecule has 0 bridgehead atoms. The van der Waals surface area contributed by atoms with Gasteiger partial charge in [0.2, 0.25) is 0 Å². The number of aryl methyl sites for hydroxylation is 1. The van der Waals surface area contributed by atoms with Crippen LogP contribution in [0, 0.1) is 6.92 Å². The van der Waals surface area contributed by atoms with E-state index < -0.39 is 10.0 Å². The van der Waals surface area contributed by atoms with Gasteiger partial charge in [-0.05, 0) is 49.6 Å². The second kappa shape index (κ2) is 5.44. The molecule has 1 atom stereocenters. The van der Waals surface area contributed by atoms with E-state index in [2.05, 4.69) is 0 Å². The highest BCUT2D eigenvalue weighted by molar-refractivity contribution is 7.93. The molecule has 1 aliphatic heterocycles. The lowest BCUT2D eigenvalue weighted by molar-refractivity contribution is 0.583. The molecule has 3 nitrogen and oxygen atoms in total. The zero-order valence-corrected chi connectivity index (χ0v) is 14.5. The van der Waals surface area contributed by atoms with Crippen LogP contribution in [-0.2, 0) is 16.4 Å². The summed E-state index contributed by atoms with van der Waals surface area (Å²) in [5, 5.41) is 0.596. The second-order valence-corrected chi connectivity index (χ2v) is 8.11. The van der Waals surface area contributed by atoms with Crippen molar-refractivity contribution >= 4 is 38.9 Å². The quantitative estimate of drug-likeness (QED) is 0.798. The predicted octanol–water partition coefficient (Wildman–Crippen LogP) is 4.44. The van der Waals surface area contributed by atoms with E-state index in [-0.39, 0.29) is 16.0 Å². The zero-order valence-electron chi connectivity index (χ0n) is 12.2. The number of hydrogen-bond donors (Lipinski definition) is 0. The number of rotatable bonds is 2. The molecule has 0 spiro atoms. The summed E-state index contributed by atoms with van der Waals surface area (Å²) in [6, 6.07) is 10.5. The molecule has 2 aromatic carbocycles. The molecule has 0 N–H and O–H groups in total. The van der Waals surface area contributed by atoms with Crippen LogP contribution in [-0.4, -0.2) is 14.5 Å². The number of hydrogen-bond acceptors (Lipinski definition) is 2. The Hall–Kier alpha value is -1.23. The number of fused-ring (bicyclic) bond motifs is 1. The first kappa shape index (κ1) is 15.7. The molecule has 3 rings (SSSR count). The van der Waals surface area contributed by atoms with Gasteiger partial charge in [-0.2, -0.15) is 0 Å². The minimum absolute atomic E-state index is 0.128. The molecule has 1 aliphatic rings. The standard InChI is InChI=1S/C16H15Cl2NO2S/c1-10-7-13(17)14(18)9-16(10)22(20,21)19-11(2)8-12-5-3-4-6-15(12)19/h3-7,9,11H,8H2,1-2H3. The fraction of sp³-hybridized carbons (Fsp3) is 0.250. The van der Waals surface area contributed by atoms with Gasteiger partial charge in [0.25, 0.3) is 10.0 Å². The van der Waals surface area contributed by atoms with Crippen molar-refractivity contribution in [2.75, 3.05) is 4.31 Å². The van der Waals surface area contributed by atoms with E-state index in [1.165, 1.54) is 10.4 Å². The minimum Gasteiger partial charge on any atom is -0.263 e. The Bertz CT molecular complexity index is 849. The Labute approximate surface area is 140 Å². The van der Waals surface area contributed by atoms with Gasteiger partial charge in [0, 0.05) is 6.04 Å². The van der Waals surface area contributed by atoms with E-state index in [1.807, 2.05) is 31.2 Å². The molecule has 22 heavy (non-hydrogen) atoms. The van der Waals surface area contributed by atoms with Crippen LogP contribution in [0.15, 0.2) is 41.3 Å². The Balaban J connectivity index is 2.17. The zero-order chi connectivity index (χ0) is 16.1. The first-order chi connectivity index (χ1) is 10.3. The molecule has 0 saturated carbocycles. The molecule has 0 radical (unpaired) electrons. The second-order valence-electron chi connectivity index (χ2n) is 5.51. The average Bonchev–Trinajstić information content (AvgIpc) is 2.79. The van der Waals surface area contributed by atoms with Gasteiger partial charge in [0.15, 0.2) is 0 Å². The molecule has 2 aromatic rings. The van der Waals surface area contributed by atoms with Crippen LogP contribution < -0.4 is 4.31 Å². The summed E-state index contributed by atoms with van der Waals surface area (Å²) < 4.78 is 27.7. The molecule has 0 amide bonds. The number of halogens is 2. The first-order valence-corrected chi connectivity index (χ1v) is 9.10. The lowest BCUT2D eigenvalue weighted by Gasteiger charge is -2.25. The highest BCUT2D eigenvalue weighted by atomic mass is 35.5. The van der Waals surface area contributed by atoms with Gasteiger partial charge >= 0.3 is 0 Å². The molecular weight excluding hydrogens is 341 g/mol. The van der Waals surface area contributed by atoms with Crippen LogP contribution in [0.1, 0.15) is 18.1 Å². The lowest BCUT2D eigenvalue weighted by Crippen LogP contribution is -2.36. The van der Waals surface area contributed by atoms with E-state index >= 15 is 0 Å². The van der Waals surface area contributed by atoms with Gasteiger partial charge in [-0.15, -0.1) is 0 Å². The largest absolute Gasteiger partial charge is 0.264 e. The van der Waals surface area contributed by atoms with E-state index in [9.17, 15) is 8.42 Å². The van der Waals surface area contributed by atoms with E-state index in [4.69, 9.17) is 23.2 Å². The van der Waals surface area contributed by atoms with Crippen LogP contribution in [0.4, 0.5) is 5.69 Å². The number of para-hydroxylation sites is 1. The van der Waals surface area contributed by atoms with Gasteiger partial charge in [0.05, 0.1) is 20.6 Å². The van der Waals surface area contributed by atoms with E-state index in [0.717, 1.165) is 11.3 Å². The van der Waals surface area contributed by atoms with Crippen molar-refractivity contribution < 1.29 is 8.42 Å². The van der Waals surface area contributed by atoms with Crippen LogP contribution in [0.2, 0.25) is 10.0 Å². The summed E-state index contributed by atoms with van der Waals surface area (Å²) in [5.41, 5.74) is 2.36. The van der Waals surface area contributed by atoms with Gasteiger partial charge in [-0.1, -0.05) is 41.4 Å². The van der Waals surface area contributed by atoms with Crippen molar-refractivity contribution in [3.63, 3.8) is 0 Å². The minimum atomic E-state index is -3.68. The Morgan fingerprint density at radius 3 is 2.50 bits per heavy atom. The Kier molecular flexibility index (Phi) is 3.87. The molecule has 0 fully saturated rings. The number of benzene rings is 2. The summed E-state index contributed by atoms with van der Waals surface area (Å²) in [5.74, 6) is 0. The highest BCUT2D eigenvalue weighted by Crippen LogP contribution is 2.38. The molecule has 1 heterocycles. The highest BCUT2D eigenvalue weighted by Gasteiger charge is 2.36. The van der Waals surface area contributed by atoms with Crippen molar-refractivity contribution in [3.05, 3.63) is 57.6 Å². The van der Waals surface area contributed by atoms with Gasteiger partial charge < -0.3 is 0 Å². The Morgan fingerprint density at radius 1 is 1.14 bits per heavy atom. The Morgan fingerprint density at radius 2 is 1.77 bits per heavy atom. The summed E-state index contributed by atoms with van der Waals surface area (Å²) in [7, 11) is -3.68. The van der Waals surface area contributed by atoms with Gasteiger partial charge in [-0.25, -0.2) is 8.42 Å². The molecule has 0 saturated heterocycles. The first-order valence-electron chi connectivity index (χ1n) is 6.90. The summed E-state index contributed by atoms with van der Waals surface area (Å²) in [6.07, 6.45) is 0.704. The average molecular weight is 356 g/mol. The van der Waals surface area contributed by atoms with Crippen molar-refractivity contribution in [2.45, 2.75) is 31.2 Å². The van der Waals surface area contributed by atoms with E-state index in [0.29, 0.717) is 17.0 Å². The molecule has 6 heteroatoms. The maximum Gasteiger partial charge on any atom is 0.264 e. The topological polar surface area (TPSA) is 37.4 Å². The monoisotopic (exact) mass is 355 g/mol. The lowest BCUT2D eigenvalue weighted by atomic mass is 10.1. The van der Waals surface area contributed by atoms with Crippen molar-refractivity contribution in [1.29, 1.82) is 0 Å². The van der Waals surface area contributed by atoms with Crippen LogP contribution >= 0.6 is 23.2 Å². The number of anilines is 1. The summed E-state index contributed by atoms with van der Waals surface area (Å²) in [6.45, 7) is 3.63. The van der Waals surface area contributed by atoms with Crippen molar-refractivity contribution in [3.8, 4) is 0 Å². The third kappa shape index (κ3) is 2.39. The van der Waals surface area contributed by atoms with Crippen LogP contribution in [0.5, 0.6) is 0 Å². The molecule has 0 aromatic heterocycles. The molecule has 116 valence electrons. The normalized spacial score (nSPS) is 17.6. The van der Waals surface area contributed by atoms with Crippen molar-refractivity contribution in [1.82, 2.24) is 0 Å². The van der Waals surface area contributed by atoms with Gasteiger partial charge in [0.1, 0.15) is 0 Å². The maximum absolute atomic E-state index is 13.1. The van der Waals surface area contributed by atoms with Crippen LogP contribution in [0.3, 0.4) is 0 Å². The molecular formula is C16H15Cl2NO2S. The summed E-state index contributed by atoms with van der Waals surface area (Å²) >= 11 is 12.0. The predicted molar refractivity (Wildman–Crippen MR) is 90.5 cm³/mol. The molecule has 1 unspecified atom stereocenters. The number of nitrogens with zero attached hydrogens (tertiary/aromatic N) is 1. The van der Waals surface area contributed by atoms with Crippen LogP contribution in [0.25, 0.3) is 0 Å².